The Kier molecular flexibility index (Phi) is 10.5. The van der Waals surface area contributed by atoms with Crippen molar-refractivity contribution in [1.29, 1.82) is 0 Å². The van der Waals surface area contributed by atoms with Crippen LogP contribution in [0.25, 0.3) is 0 Å². The van der Waals surface area contributed by atoms with Crippen LogP contribution in [0.4, 0.5) is 18.9 Å². The van der Waals surface area contributed by atoms with E-state index >= 15 is 0 Å². The number of aryl methyl sites for hydroxylation is 1. The molecule has 36 heavy (non-hydrogen) atoms. The summed E-state index contributed by atoms with van der Waals surface area (Å²) < 4.78 is 39.1. The fraction of sp³-hybridized carbons (Fsp3) is 0.423. The van der Waals surface area contributed by atoms with E-state index < -0.39 is 47.6 Å². The average Bonchev–Trinajstić information content (AvgIpc) is 2.81. The van der Waals surface area contributed by atoms with Gasteiger partial charge in [0.2, 0.25) is 11.8 Å². The van der Waals surface area contributed by atoms with E-state index in [2.05, 4.69) is 16.0 Å². The van der Waals surface area contributed by atoms with E-state index in [4.69, 9.17) is 0 Å². The van der Waals surface area contributed by atoms with Gasteiger partial charge in [-0.3, -0.25) is 19.7 Å². The Balaban J connectivity index is 2.17. The number of carbonyl (C=O) groups is 3. The molecule has 0 radical (unpaired) electrons. The van der Waals surface area contributed by atoms with Gasteiger partial charge in [-0.25, -0.2) is 0 Å². The Morgan fingerprint density at radius 2 is 1.58 bits per heavy atom. The zero-order valence-electron chi connectivity index (χ0n) is 20.4. The van der Waals surface area contributed by atoms with Crippen LogP contribution in [-0.4, -0.2) is 41.0 Å². The lowest BCUT2D eigenvalue weighted by atomic mass is 10.0. The highest BCUT2D eigenvalue weighted by Gasteiger charge is 2.31. The SMILES string of the molecule is CC(C)C[C@H](NC(=O)[C@H](CCc1ccccc1)N[C@H](C)C(=O)O)C(=O)Nc1cccc(C(F)(F)F)c1. The highest BCUT2D eigenvalue weighted by atomic mass is 19.4. The highest BCUT2D eigenvalue weighted by molar-refractivity contribution is 5.98. The molecule has 4 N–H and O–H groups in total. The molecular weight excluding hydrogens is 475 g/mol. The zero-order chi connectivity index (χ0) is 26.9. The van der Waals surface area contributed by atoms with Crippen LogP contribution >= 0.6 is 0 Å². The van der Waals surface area contributed by atoms with Gasteiger partial charge in [-0.2, -0.15) is 13.2 Å². The Morgan fingerprint density at radius 3 is 2.17 bits per heavy atom. The lowest BCUT2D eigenvalue weighted by molar-refractivity contribution is -0.140. The molecule has 0 fully saturated rings. The van der Waals surface area contributed by atoms with E-state index in [1.807, 2.05) is 44.2 Å². The minimum Gasteiger partial charge on any atom is -0.480 e. The first-order chi connectivity index (χ1) is 16.9. The summed E-state index contributed by atoms with van der Waals surface area (Å²) in [6.45, 7) is 5.10. The number of nitrogens with one attached hydrogen (secondary N) is 3. The smallest absolute Gasteiger partial charge is 0.416 e. The number of rotatable bonds is 12. The maximum atomic E-state index is 13.2. The minimum absolute atomic E-state index is 0.0174. The fourth-order valence-electron chi connectivity index (χ4n) is 3.60. The van der Waals surface area contributed by atoms with Crippen molar-refractivity contribution in [2.75, 3.05) is 5.32 Å². The summed E-state index contributed by atoms with van der Waals surface area (Å²) in [5.74, 6) is -2.38. The summed E-state index contributed by atoms with van der Waals surface area (Å²) in [5.41, 5.74) is 0.00904. The molecule has 10 heteroatoms. The van der Waals surface area contributed by atoms with Crippen LogP contribution in [0.5, 0.6) is 0 Å². The second-order valence-electron chi connectivity index (χ2n) is 9.06. The number of hydrogen-bond donors (Lipinski definition) is 4. The second kappa shape index (κ2) is 13.1. The summed E-state index contributed by atoms with van der Waals surface area (Å²) in [6, 6.07) is 10.6. The van der Waals surface area contributed by atoms with Crippen LogP contribution in [0.2, 0.25) is 0 Å². The van der Waals surface area contributed by atoms with Crippen molar-refractivity contribution in [1.82, 2.24) is 10.6 Å². The van der Waals surface area contributed by atoms with Gasteiger partial charge in [-0.15, -0.1) is 0 Å². The molecule has 0 spiro atoms. The second-order valence-corrected chi connectivity index (χ2v) is 9.06. The van der Waals surface area contributed by atoms with Crippen molar-refractivity contribution >= 4 is 23.5 Å². The number of alkyl halides is 3. The van der Waals surface area contributed by atoms with E-state index in [1.54, 1.807) is 0 Å². The number of carboxylic acids is 1. The van der Waals surface area contributed by atoms with Gasteiger partial charge in [0.15, 0.2) is 0 Å². The molecule has 7 nitrogen and oxygen atoms in total. The third-order valence-corrected chi connectivity index (χ3v) is 5.50. The topological polar surface area (TPSA) is 108 Å². The number of benzene rings is 2. The maximum Gasteiger partial charge on any atom is 0.416 e. The van der Waals surface area contributed by atoms with E-state index in [9.17, 15) is 32.7 Å². The van der Waals surface area contributed by atoms with E-state index in [0.717, 1.165) is 17.7 Å². The normalized spacial score (nSPS) is 14.1. The van der Waals surface area contributed by atoms with E-state index in [1.165, 1.54) is 19.1 Å². The number of hydrogen-bond acceptors (Lipinski definition) is 4. The lowest BCUT2D eigenvalue weighted by Crippen LogP contribution is -2.54. The Labute approximate surface area is 208 Å². The molecule has 2 aromatic rings. The summed E-state index contributed by atoms with van der Waals surface area (Å²) >= 11 is 0. The number of amides is 2. The van der Waals surface area contributed by atoms with Crippen LogP contribution < -0.4 is 16.0 Å². The molecule has 3 atom stereocenters. The van der Waals surface area contributed by atoms with Crippen LogP contribution in [0, 0.1) is 5.92 Å². The maximum absolute atomic E-state index is 13.2. The van der Waals surface area contributed by atoms with Gasteiger partial charge in [-0.05, 0) is 55.9 Å². The molecule has 0 saturated carbocycles. The molecular formula is C26H32F3N3O4. The van der Waals surface area contributed by atoms with Crippen molar-refractivity contribution in [3.63, 3.8) is 0 Å². The van der Waals surface area contributed by atoms with Gasteiger partial charge in [-0.1, -0.05) is 50.2 Å². The number of carboxylic acid groups (broad SMARTS) is 1. The van der Waals surface area contributed by atoms with Gasteiger partial charge < -0.3 is 15.7 Å². The quantitative estimate of drug-likeness (QED) is 0.344. The zero-order valence-corrected chi connectivity index (χ0v) is 20.4. The van der Waals surface area contributed by atoms with Crippen LogP contribution in [0.1, 0.15) is 44.7 Å². The molecule has 196 valence electrons. The molecule has 0 unspecified atom stereocenters. The predicted octanol–water partition coefficient (Wildman–Crippen LogP) is 4.24. The summed E-state index contributed by atoms with van der Waals surface area (Å²) in [6.07, 6.45) is -3.57. The number of anilines is 1. The van der Waals surface area contributed by atoms with Crippen molar-refractivity contribution in [3.05, 3.63) is 65.7 Å². The Bertz CT molecular complexity index is 1030. The predicted molar refractivity (Wildman–Crippen MR) is 130 cm³/mol. The van der Waals surface area contributed by atoms with Crippen LogP contribution in [0.3, 0.4) is 0 Å². The minimum atomic E-state index is -4.56. The molecule has 0 bridgehead atoms. The molecule has 0 saturated heterocycles. The first-order valence-corrected chi connectivity index (χ1v) is 11.7. The van der Waals surface area contributed by atoms with Crippen LogP contribution in [0.15, 0.2) is 54.6 Å². The monoisotopic (exact) mass is 507 g/mol. The molecule has 0 aliphatic heterocycles. The molecule has 0 aliphatic rings. The average molecular weight is 508 g/mol. The fourth-order valence-corrected chi connectivity index (χ4v) is 3.60. The molecule has 2 rings (SSSR count). The first-order valence-electron chi connectivity index (χ1n) is 11.7. The third kappa shape index (κ3) is 9.33. The Morgan fingerprint density at radius 1 is 0.917 bits per heavy atom. The van der Waals surface area contributed by atoms with Crippen molar-refractivity contribution in [2.45, 2.75) is 64.3 Å². The standard InChI is InChI=1S/C26H32F3N3O4/c1-16(2)14-22(24(34)31-20-11-7-10-19(15-20)26(27,28)29)32-23(33)21(30-17(3)25(35)36)13-12-18-8-5-4-6-9-18/h4-11,15-17,21-22,30H,12-14H2,1-3H3,(H,31,34)(H,32,33)(H,35,36)/t17-,21+,22+/m1/s1. The lowest BCUT2D eigenvalue weighted by Gasteiger charge is -2.25. The molecule has 0 heterocycles. The highest BCUT2D eigenvalue weighted by Crippen LogP contribution is 2.30. The molecule has 2 aromatic carbocycles. The van der Waals surface area contributed by atoms with Crippen LogP contribution in [-0.2, 0) is 27.0 Å². The van der Waals surface area contributed by atoms with Gasteiger partial charge in [0.05, 0.1) is 11.6 Å². The van der Waals surface area contributed by atoms with Crippen molar-refractivity contribution in [2.24, 2.45) is 5.92 Å². The van der Waals surface area contributed by atoms with Gasteiger partial charge in [0.25, 0.3) is 0 Å². The number of carbonyl (C=O) groups excluding carboxylic acids is 2. The van der Waals surface area contributed by atoms with Gasteiger partial charge in [0, 0.05) is 5.69 Å². The number of halogens is 3. The first kappa shape index (κ1) is 28.8. The van der Waals surface area contributed by atoms with Gasteiger partial charge in [0.1, 0.15) is 12.1 Å². The number of aliphatic carboxylic acids is 1. The third-order valence-electron chi connectivity index (χ3n) is 5.50. The molecule has 0 aromatic heterocycles. The largest absolute Gasteiger partial charge is 0.480 e. The Hall–Kier alpha value is -3.40. The summed E-state index contributed by atoms with van der Waals surface area (Å²) in [5, 5.41) is 17.2. The van der Waals surface area contributed by atoms with Crippen molar-refractivity contribution < 1.29 is 32.7 Å². The summed E-state index contributed by atoms with van der Waals surface area (Å²) in [4.78, 5) is 37.5. The van der Waals surface area contributed by atoms with E-state index in [0.29, 0.717) is 6.42 Å². The molecule has 2 amide bonds. The van der Waals surface area contributed by atoms with Gasteiger partial charge >= 0.3 is 12.1 Å². The van der Waals surface area contributed by atoms with Crippen molar-refractivity contribution in [3.8, 4) is 0 Å². The van der Waals surface area contributed by atoms with E-state index in [-0.39, 0.29) is 24.4 Å². The summed E-state index contributed by atoms with van der Waals surface area (Å²) in [7, 11) is 0. The molecule has 0 aliphatic carbocycles.